The molecule has 1 atom stereocenters. The monoisotopic (exact) mass is 293 g/mol. The Bertz CT molecular complexity index is 640. The number of rotatable bonds is 5. The largest absolute Gasteiger partial charge is 0.436 e. The SMILES string of the molecule is C=C=CC(C=C)OC(=O)NS(=O)(=O)c1ccc(C)cc1. The van der Waals surface area contributed by atoms with Crippen LogP contribution in [-0.2, 0) is 14.8 Å². The molecule has 0 saturated heterocycles. The number of ether oxygens (including phenoxy) is 1. The van der Waals surface area contributed by atoms with E-state index in [2.05, 4.69) is 18.9 Å². The summed E-state index contributed by atoms with van der Waals surface area (Å²) in [7, 11) is -3.95. The highest BCUT2D eigenvalue weighted by atomic mass is 32.2. The molecule has 5 nitrogen and oxygen atoms in total. The Labute approximate surface area is 118 Å². The van der Waals surface area contributed by atoms with E-state index < -0.39 is 22.2 Å². The number of hydrogen-bond donors (Lipinski definition) is 1. The predicted molar refractivity (Wildman–Crippen MR) is 75.7 cm³/mol. The summed E-state index contributed by atoms with van der Waals surface area (Å²) in [6.07, 6.45) is 0.768. The van der Waals surface area contributed by atoms with Gasteiger partial charge in [-0.3, -0.25) is 0 Å². The zero-order chi connectivity index (χ0) is 15.2. The van der Waals surface area contributed by atoms with Gasteiger partial charge in [0, 0.05) is 6.08 Å². The Balaban J connectivity index is 2.80. The third-order valence-electron chi connectivity index (χ3n) is 2.31. The molecule has 6 heteroatoms. The van der Waals surface area contributed by atoms with Crippen LogP contribution in [0, 0.1) is 6.92 Å². The lowest BCUT2D eigenvalue weighted by atomic mass is 10.2. The molecule has 0 aliphatic carbocycles. The summed E-state index contributed by atoms with van der Waals surface area (Å²) in [6.45, 7) is 8.60. The van der Waals surface area contributed by atoms with Gasteiger partial charge in [0.15, 0.2) is 0 Å². The normalized spacial score (nSPS) is 11.8. The number of aryl methyl sites for hydroxylation is 1. The quantitative estimate of drug-likeness (QED) is 0.668. The van der Waals surface area contributed by atoms with Crippen LogP contribution in [0.25, 0.3) is 0 Å². The molecule has 1 unspecified atom stereocenters. The summed E-state index contributed by atoms with van der Waals surface area (Å²) < 4.78 is 30.4. The predicted octanol–water partition coefficient (Wildman–Crippen LogP) is 2.31. The number of carbonyl (C=O) groups is 1. The van der Waals surface area contributed by atoms with Crippen LogP contribution in [-0.4, -0.2) is 20.6 Å². The molecule has 0 aliphatic heterocycles. The molecule has 1 amide bonds. The first kappa shape index (κ1) is 15.8. The first-order valence-electron chi connectivity index (χ1n) is 5.67. The summed E-state index contributed by atoms with van der Waals surface area (Å²) >= 11 is 0. The van der Waals surface area contributed by atoms with E-state index in [4.69, 9.17) is 4.74 Å². The van der Waals surface area contributed by atoms with Crippen molar-refractivity contribution in [3.8, 4) is 0 Å². The summed E-state index contributed by atoms with van der Waals surface area (Å²) in [5, 5.41) is 0. The minimum atomic E-state index is -3.95. The van der Waals surface area contributed by atoms with E-state index in [9.17, 15) is 13.2 Å². The lowest BCUT2D eigenvalue weighted by Gasteiger charge is -2.11. The highest BCUT2D eigenvalue weighted by molar-refractivity contribution is 7.90. The summed E-state index contributed by atoms with van der Waals surface area (Å²) in [6, 6.07) is 6.07. The molecule has 0 aliphatic rings. The maximum atomic E-state index is 11.9. The van der Waals surface area contributed by atoms with Gasteiger partial charge in [0.05, 0.1) is 4.90 Å². The van der Waals surface area contributed by atoms with E-state index in [-0.39, 0.29) is 4.90 Å². The fourth-order valence-electron chi connectivity index (χ4n) is 1.30. The van der Waals surface area contributed by atoms with Crippen LogP contribution >= 0.6 is 0 Å². The van der Waals surface area contributed by atoms with Crippen molar-refractivity contribution in [3.05, 3.63) is 60.9 Å². The minimum absolute atomic E-state index is 0.0190. The maximum Gasteiger partial charge on any atom is 0.422 e. The number of hydrogen-bond acceptors (Lipinski definition) is 4. The molecule has 20 heavy (non-hydrogen) atoms. The average Bonchev–Trinajstić information content (AvgIpc) is 2.38. The smallest absolute Gasteiger partial charge is 0.422 e. The van der Waals surface area contributed by atoms with Crippen molar-refractivity contribution in [2.24, 2.45) is 0 Å². The Morgan fingerprint density at radius 3 is 2.50 bits per heavy atom. The van der Waals surface area contributed by atoms with Gasteiger partial charge in [0.1, 0.15) is 6.10 Å². The first-order valence-corrected chi connectivity index (χ1v) is 7.16. The molecule has 1 rings (SSSR count). The van der Waals surface area contributed by atoms with E-state index in [0.717, 1.165) is 5.56 Å². The van der Waals surface area contributed by atoms with Gasteiger partial charge >= 0.3 is 6.09 Å². The second-order valence-electron chi connectivity index (χ2n) is 3.89. The Kier molecular flexibility index (Phi) is 5.32. The first-order chi connectivity index (χ1) is 9.39. The van der Waals surface area contributed by atoms with Crippen LogP contribution in [0.15, 0.2) is 60.2 Å². The molecule has 0 fully saturated rings. The maximum absolute atomic E-state index is 11.9. The van der Waals surface area contributed by atoms with Crippen LogP contribution in [0.3, 0.4) is 0 Å². The van der Waals surface area contributed by atoms with Gasteiger partial charge in [0.25, 0.3) is 10.0 Å². The van der Waals surface area contributed by atoms with Crippen molar-refractivity contribution < 1.29 is 17.9 Å². The molecule has 0 saturated carbocycles. The zero-order valence-electron chi connectivity index (χ0n) is 11.0. The average molecular weight is 293 g/mol. The topological polar surface area (TPSA) is 72.5 Å². The van der Waals surface area contributed by atoms with Gasteiger partial charge < -0.3 is 4.74 Å². The van der Waals surface area contributed by atoms with Crippen LogP contribution in [0.2, 0.25) is 0 Å². The van der Waals surface area contributed by atoms with E-state index in [0.29, 0.717) is 0 Å². The van der Waals surface area contributed by atoms with Gasteiger partial charge in [-0.25, -0.2) is 17.9 Å². The van der Waals surface area contributed by atoms with Gasteiger partial charge in [-0.2, -0.15) is 0 Å². The number of nitrogens with one attached hydrogen (secondary N) is 1. The molecule has 1 aromatic carbocycles. The molecular weight excluding hydrogens is 278 g/mol. The second kappa shape index (κ2) is 6.75. The van der Waals surface area contributed by atoms with Crippen LogP contribution < -0.4 is 4.72 Å². The molecule has 106 valence electrons. The molecule has 0 bridgehead atoms. The van der Waals surface area contributed by atoms with E-state index >= 15 is 0 Å². The van der Waals surface area contributed by atoms with Crippen molar-refractivity contribution >= 4 is 16.1 Å². The number of benzene rings is 1. The van der Waals surface area contributed by atoms with Crippen LogP contribution in [0.1, 0.15) is 5.56 Å². The number of carbonyl (C=O) groups excluding carboxylic acids is 1. The van der Waals surface area contributed by atoms with Gasteiger partial charge in [0.2, 0.25) is 0 Å². The summed E-state index contributed by atoms with van der Waals surface area (Å²) in [5.74, 6) is 0. The molecule has 0 aromatic heterocycles. The van der Waals surface area contributed by atoms with Crippen molar-refractivity contribution in [2.45, 2.75) is 17.9 Å². The van der Waals surface area contributed by atoms with Crippen molar-refractivity contribution in [1.29, 1.82) is 0 Å². The Hall–Kier alpha value is -2.30. The molecule has 1 N–H and O–H groups in total. The van der Waals surface area contributed by atoms with Crippen molar-refractivity contribution in [1.82, 2.24) is 4.72 Å². The van der Waals surface area contributed by atoms with E-state index in [1.54, 1.807) is 12.1 Å². The third-order valence-corrected chi connectivity index (χ3v) is 3.63. The number of amides is 1. The highest BCUT2D eigenvalue weighted by Gasteiger charge is 2.19. The third kappa shape index (κ3) is 4.42. The van der Waals surface area contributed by atoms with Gasteiger partial charge in [-0.15, -0.1) is 5.73 Å². The van der Waals surface area contributed by atoms with Gasteiger partial charge in [-0.05, 0) is 25.1 Å². The zero-order valence-corrected chi connectivity index (χ0v) is 11.8. The van der Waals surface area contributed by atoms with Crippen LogP contribution in [0.4, 0.5) is 4.79 Å². The standard InChI is InChI=1S/C14H15NO4S/c1-4-6-12(5-2)19-14(16)15-20(17,18)13-9-7-11(3)8-10-13/h5-10,12H,1-2H2,3H3,(H,15,16). The molecule has 1 aromatic rings. The molecule has 0 heterocycles. The lowest BCUT2D eigenvalue weighted by molar-refractivity contribution is 0.143. The molecule has 0 spiro atoms. The molecule has 0 radical (unpaired) electrons. The van der Waals surface area contributed by atoms with Crippen molar-refractivity contribution in [3.63, 3.8) is 0 Å². The van der Waals surface area contributed by atoms with E-state index in [1.165, 1.54) is 24.3 Å². The minimum Gasteiger partial charge on any atom is -0.436 e. The number of sulfonamides is 1. The summed E-state index contributed by atoms with van der Waals surface area (Å²) in [5.41, 5.74) is 3.34. The fraction of sp³-hybridized carbons (Fsp3) is 0.143. The van der Waals surface area contributed by atoms with Crippen LogP contribution in [0.5, 0.6) is 0 Å². The lowest BCUT2D eigenvalue weighted by Crippen LogP contribution is -2.33. The van der Waals surface area contributed by atoms with Gasteiger partial charge in [-0.1, -0.05) is 30.9 Å². The Morgan fingerprint density at radius 2 is 2.00 bits per heavy atom. The molecular formula is C14H15NO4S. The summed E-state index contributed by atoms with van der Waals surface area (Å²) in [4.78, 5) is 11.5. The fourth-order valence-corrected chi connectivity index (χ4v) is 2.18. The van der Waals surface area contributed by atoms with Crippen molar-refractivity contribution in [2.75, 3.05) is 0 Å². The highest BCUT2D eigenvalue weighted by Crippen LogP contribution is 2.10. The van der Waals surface area contributed by atoms with E-state index in [1.807, 2.05) is 11.6 Å². The second-order valence-corrected chi connectivity index (χ2v) is 5.58. The Morgan fingerprint density at radius 1 is 1.40 bits per heavy atom.